The van der Waals surface area contributed by atoms with E-state index >= 15 is 0 Å². The van der Waals surface area contributed by atoms with Crippen molar-refractivity contribution in [1.29, 1.82) is 0 Å². The highest BCUT2D eigenvalue weighted by molar-refractivity contribution is 9.10. The zero-order valence-electron chi connectivity index (χ0n) is 10.6. The van der Waals surface area contributed by atoms with Gasteiger partial charge < -0.3 is 10.6 Å². The van der Waals surface area contributed by atoms with Crippen LogP contribution in [0.15, 0.2) is 40.2 Å². The van der Waals surface area contributed by atoms with Crippen molar-refractivity contribution in [2.45, 2.75) is 13.0 Å². The molecule has 0 saturated carbocycles. The topological polar surface area (TPSA) is 29.3 Å². The van der Waals surface area contributed by atoms with Crippen molar-refractivity contribution in [3.05, 3.63) is 50.9 Å². The molecule has 5 heteroatoms. The van der Waals surface area contributed by atoms with Gasteiger partial charge in [-0.2, -0.15) is 0 Å². The van der Waals surface area contributed by atoms with Gasteiger partial charge in [0.15, 0.2) is 0 Å². The third kappa shape index (κ3) is 3.16. The Balaban J connectivity index is 2.37. The fourth-order valence-corrected chi connectivity index (χ4v) is 3.71. The predicted molar refractivity (Wildman–Crippen MR) is 83.2 cm³/mol. The van der Waals surface area contributed by atoms with E-state index < -0.39 is 0 Å². The molecule has 2 N–H and O–H groups in total. The van der Waals surface area contributed by atoms with Gasteiger partial charge in [0.2, 0.25) is 0 Å². The molecule has 0 aliphatic rings. The maximum atomic E-state index is 14.0. The van der Waals surface area contributed by atoms with Gasteiger partial charge in [0.05, 0.1) is 11.7 Å². The standard InChI is InChI=1S/C14H16BrFN2S/c1-2-18(12-6-4-3-5-11(12)16)13(8-17)14-7-10(15)9-19-14/h3-7,9,13H,2,8,17H2,1H3. The largest absolute Gasteiger partial charge is 0.360 e. The first-order valence-corrected chi connectivity index (χ1v) is 7.79. The van der Waals surface area contributed by atoms with E-state index in [0.29, 0.717) is 18.8 Å². The minimum absolute atomic E-state index is 0.00167. The van der Waals surface area contributed by atoms with Crippen LogP contribution in [0.2, 0.25) is 0 Å². The number of anilines is 1. The summed E-state index contributed by atoms with van der Waals surface area (Å²) in [6.45, 7) is 3.17. The Labute approximate surface area is 125 Å². The summed E-state index contributed by atoms with van der Waals surface area (Å²) in [5, 5.41) is 2.02. The molecule has 1 atom stereocenters. The summed E-state index contributed by atoms with van der Waals surface area (Å²) in [4.78, 5) is 3.15. The molecule has 1 unspecified atom stereocenters. The molecule has 0 fully saturated rings. The van der Waals surface area contributed by atoms with Gasteiger partial charge in [-0.05, 0) is 41.1 Å². The van der Waals surface area contributed by atoms with Gasteiger partial charge in [-0.1, -0.05) is 12.1 Å². The van der Waals surface area contributed by atoms with Gasteiger partial charge in [-0.25, -0.2) is 4.39 Å². The summed E-state index contributed by atoms with van der Waals surface area (Å²) in [6, 6.07) is 8.87. The zero-order valence-corrected chi connectivity index (χ0v) is 13.0. The highest BCUT2D eigenvalue weighted by Crippen LogP contribution is 2.33. The lowest BCUT2D eigenvalue weighted by atomic mass is 10.1. The average molecular weight is 343 g/mol. The summed E-state index contributed by atoms with van der Waals surface area (Å²) in [5.41, 5.74) is 6.51. The quantitative estimate of drug-likeness (QED) is 0.883. The molecule has 1 heterocycles. The maximum absolute atomic E-state index is 14.0. The number of hydrogen-bond donors (Lipinski definition) is 1. The van der Waals surface area contributed by atoms with E-state index in [1.54, 1.807) is 23.5 Å². The van der Waals surface area contributed by atoms with Gasteiger partial charge >= 0.3 is 0 Å². The third-order valence-corrected chi connectivity index (χ3v) is 4.81. The fourth-order valence-electron chi connectivity index (χ4n) is 2.14. The molecule has 2 rings (SSSR count). The lowest BCUT2D eigenvalue weighted by molar-refractivity contribution is 0.592. The minimum atomic E-state index is -0.210. The lowest BCUT2D eigenvalue weighted by Crippen LogP contribution is -2.33. The number of rotatable bonds is 5. The van der Waals surface area contributed by atoms with Crippen molar-refractivity contribution in [1.82, 2.24) is 0 Å². The van der Waals surface area contributed by atoms with E-state index in [4.69, 9.17) is 5.73 Å². The molecule has 0 spiro atoms. The van der Waals surface area contributed by atoms with Gasteiger partial charge in [0.25, 0.3) is 0 Å². The minimum Gasteiger partial charge on any atom is -0.360 e. The first-order valence-electron chi connectivity index (χ1n) is 6.12. The summed E-state index contributed by atoms with van der Waals surface area (Å²) in [6.07, 6.45) is 0. The SMILES string of the molecule is CCN(c1ccccc1F)C(CN)c1cc(Br)cs1. The Bertz CT molecular complexity index is 544. The van der Waals surface area contributed by atoms with E-state index in [1.807, 2.05) is 29.3 Å². The molecule has 19 heavy (non-hydrogen) atoms. The number of benzene rings is 1. The van der Waals surface area contributed by atoms with Crippen LogP contribution < -0.4 is 10.6 Å². The Hall–Kier alpha value is -0.910. The van der Waals surface area contributed by atoms with E-state index in [-0.39, 0.29) is 11.9 Å². The van der Waals surface area contributed by atoms with Gasteiger partial charge in [0.1, 0.15) is 5.82 Å². The molecule has 2 aromatic rings. The van der Waals surface area contributed by atoms with Crippen molar-refractivity contribution < 1.29 is 4.39 Å². The smallest absolute Gasteiger partial charge is 0.146 e. The molecule has 0 radical (unpaired) electrons. The first-order chi connectivity index (χ1) is 9.17. The number of hydrogen-bond acceptors (Lipinski definition) is 3. The molecule has 102 valence electrons. The van der Waals surface area contributed by atoms with Crippen LogP contribution in [0.3, 0.4) is 0 Å². The average Bonchev–Trinajstić information content (AvgIpc) is 2.83. The number of para-hydroxylation sites is 1. The van der Waals surface area contributed by atoms with Crippen molar-refractivity contribution in [3.8, 4) is 0 Å². The van der Waals surface area contributed by atoms with Crippen LogP contribution in [0.25, 0.3) is 0 Å². The predicted octanol–water partition coefficient (Wildman–Crippen LogP) is 4.18. The first kappa shape index (κ1) is 14.5. The second-order valence-corrected chi connectivity index (χ2v) is 6.01. The van der Waals surface area contributed by atoms with Crippen LogP contribution in [-0.2, 0) is 0 Å². The highest BCUT2D eigenvalue weighted by atomic mass is 79.9. The van der Waals surface area contributed by atoms with E-state index in [2.05, 4.69) is 15.9 Å². The lowest BCUT2D eigenvalue weighted by Gasteiger charge is -2.31. The van der Waals surface area contributed by atoms with Crippen LogP contribution in [0.1, 0.15) is 17.8 Å². The normalized spacial score (nSPS) is 12.4. The van der Waals surface area contributed by atoms with E-state index in [9.17, 15) is 4.39 Å². The second-order valence-electron chi connectivity index (χ2n) is 4.16. The number of thiophene rings is 1. The molecular weight excluding hydrogens is 327 g/mol. The summed E-state index contributed by atoms with van der Waals surface area (Å²) in [7, 11) is 0. The Morgan fingerprint density at radius 2 is 2.16 bits per heavy atom. The second kappa shape index (κ2) is 6.50. The fraction of sp³-hybridized carbons (Fsp3) is 0.286. The molecule has 0 aliphatic heterocycles. The van der Waals surface area contributed by atoms with Crippen LogP contribution >= 0.6 is 27.3 Å². The Morgan fingerprint density at radius 3 is 2.68 bits per heavy atom. The maximum Gasteiger partial charge on any atom is 0.146 e. The number of nitrogens with two attached hydrogens (primary N) is 1. The van der Waals surface area contributed by atoms with Crippen molar-refractivity contribution in [2.24, 2.45) is 5.73 Å². The van der Waals surface area contributed by atoms with Crippen molar-refractivity contribution in [3.63, 3.8) is 0 Å². The van der Waals surface area contributed by atoms with Gasteiger partial charge in [-0.3, -0.25) is 0 Å². The summed E-state index contributed by atoms with van der Waals surface area (Å²) >= 11 is 5.08. The number of nitrogens with zero attached hydrogens (tertiary/aromatic N) is 1. The van der Waals surface area contributed by atoms with E-state index in [1.165, 1.54) is 6.07 Å². The van der Waals surface area contributed by atoms with Crippen LogP contribution in [0.4, 0.5) is 10.1 Å². The molecule has 1 aromatic heterocycles. The molecule has 0 amide bonds. The third-order valence-electron chi connectivity index (χ3n) is 3.02. The molecule has 0 saturated heterocycles. The summed E-state index contributed by atoms with van der Waals surface area (Å²) < 4.78 is 15.0. The Kier molecular flexibility index (Phi) is 4.96. The van der Waals surface area contributed by atoms with Crippen LogP contribution in [-0.4, -0.2) is 13.1 Å². The van der Waals surface area contributed by atoms with Crippen molar-refractivity contribution in [2.75, 3.05) is 18.0 Å². The zero-order chi connectivity index (χ0) is 13.8. The molecular formula is C14H16BrFN2S. The van der Waals surface area contributed by atoms with Crippen molar-refractivity contribution >= 4 is 33.0 Å². The molecule has 0 bridgehead atoms. The molecule has 2 nitrogen and oxygen atoms in total. The highest BCUT2D eigenvalue weighted by Gasteiger charge is 2.21. The van der Waals surface area contributed by atoms with Crippen LogP contribution in [0, 0.1) is 5.82 Å². The monoisotopic (exact) mass is 342 g/mol. The van der Waals surface area contributed by atoms with Gasteiger partial charge in [-0.15, -0.1) is 11.3 Å². The molecule has 1 aromatic carbocycles. The van der Waals surface area contributed by atoms with Gasteiger partial charge in [0, 0.05) is 27.8 Å². The van der Waals surface area contributed by atoms with Crippen LogP contribution in [0.5, 0.6) is 0 Å². The number of likely N-dealkylation sites (N-methyl/N-ethyl adjacent to an activating group) is 1. The van der Waals surface area contributed by atoms with E-state index in [0.717, 1.165) is 9.35 Å². The molecule has 0 aliphatic carbocycles. The summed E-state index contributed by atoms with van der Waals surface area (Å²) in [5.74, 6) is -0.210. The Morgan fingerprint density at radius 1 is 1.42 bits per heavy atom. The number of halogens is 2.